The first-order valence-electron chi connectivity index (χ1n) is 4.08. The monoisotopic (exact) mass is 194 g/mol. The summed E-state index contributed by atoms with van der Waals surface area (Å²) in [6.07, 6.45) is 0. The van der Waals surface area contributed by atoms with Crippen LogP contribution in [0.4, 0.5) is 0 Å². The Morgan fingerprint density at radius 1 is 1.43 bits per heavy atom. The van der Waals surface area contributed by atoms with E-state index in [0.717, 1.165) is 0 Å². The number of carbonyl (C=O) groups excluding carboxylic acids is 1. The summed E-state index contributed by atoms with van der Waals surface area (Å²) in [5.74, 6) is -0.582. The average molecular weight is 194 g/mol. The summed E-state index contributed by atoms with van der Waals surface area (Å²) < 4.78 is 0. The zero-order chi connectivity index (χ0) is 10.6. The molecule has 74 valence electrons. The van der Waals surface area contributed by atoms with Crippen molar-refractivity contribution >= 4 is 5.78 Å². The lowest BCUT2D eigenvalue weighted by Gasteiger charge is -2.06. The van der Waals surface area contributed by atoms with Crippen LogP contribution in [-0.4, -0.2) is 17.3 Å². The van der Waals surface area contributed by atoms with Gasteiger partial charge in [0.1, 0.15) is 0 Å². The number of carbonyl (C=O) groups is 1. The van der Waals surface area contributed by atoms with Crippen molar-refractivity contribution in [3.05, 3.63) is 46.0 Å². The van der Waals surface area contributed by atoms with Crippen LogP contribution in [0.15, 0.2) is 30.3 Å². The highest BCUT2D eigenvalue weighted by Crippen LogP contribution is 2.16. The Kier molecular flexibility index (Phi) is 3.30. The van der Waals surface area contributed by atoms with Gasteiger partial charge in [0.25, 0.3) is 6.04 Å². The molecule has 0 aliphatic rings. The Hall–Kier alpha value is -1.75. The second-order valence-electron chi connectivity index (χ2n) is 2.77. The van der Waals surface area contributed by atoms with Crippen molar-refractivity contribution in [2.75, 3.05) is 6.54 Å². The Bertz CT molecular complexity index is 337. The molecule has 0 spiro atoms. The number of hydrogen-bond acceptors (Lipinski definition) is 4. The molecule has 0 amide bonds. The first-order chi connectivity index (χ1) is 6.66. The molecule has 0 aliphatic heterocycles. The van der Waals surface area contributed by atoms with Crippen LogP contribution in [-0.2, 0) is 4.79 Å². The molecule has 0 aromatic heterocycles. The lowest BCUT2D eigenvalue weighted by atomic mass is 10.0. The van der Waals surface area contributed by atoms with Crippen LogP contribution < -0.4 is 5.73 Å². The number of Topliss-reactive ketones (excluding diaryl/α,β-unsaturated/α-hetero) is 1. The van der Waals surface area contributed by atoms with Crippen molar-refractivity contribution in [3.8, 4) is 0 Å². The molecule has 0 aliphatic carbocycles. The van der Waals surface area contributed by atoms with Gasteiger partial charge in [0.2, 0.25) is 5.78 Å². The quantitative estimate of drug-likeness (QED) is 0.559. The molecule has 0 heterocycles. The molecule has 1 unspecified atom stereocenters. The van der Waals surface area contributed by atoms with E-state index in [-0.39, 0.29) is 6.54 Å². The number of ketones is 1. The van der Waals surface area contributed by atoms with Gasteiger partial charge in [-0.1, -0.05) is 30.3 Å². The van der Waals surface area contributed by atoms with Gasteiger partial charge in [0.05, 0.1) is 6.54 Å². The van der Waals surface area contributed by atoms with E-state index in [2.05, 4.69) is 0 Å². The Morgan fingerprint density at radius 3 is 2.43 bits per heavy atom. The van der Waals surface area contributed by atoms with Gasteiger partial charge < -0.3 is 5.73 Å². The van der Waals surface area contributed by atoms with Crippen LogP contribution in [0.5, 0.6) is 0 Å². The van der Waals surface area contributed by atoms with Crippen LogP contribution in [0, 0.1) is 10.1 Å². The normalized spacial score (nSPS) is 12.1. The summed E-state index contributed by atoms with van der Waals surface area (Å²) in [5.41, 5.74) is 5.46. The van der Waals surface area contributed by atoms with Crippen LogP contribution in [0.2, 0.25) is 0 Å². The second-order valence-corrected chi connectivity index (χ2v) is 2.77. The molecule has 5 nitrogen and oxygen atoms in total. The van der Waals surface area contributed by atoms with E-state index >= 15 is 0 Å². The highest BCUT2D eigenvalue weighted by molar-refractivity contribution is 5.85. The summed E-state index contributed by atoms with van der Waals surface area (Å²) in [7, 11) is 0. The van der Waals surface area contributed by atoms with E-state index < -0.39 is 16.7 Å². The predicted molar refractivity (Wildman–Crippen MR) is 50.2 cm³/mol. The lowest BCUT2D eigenvalue weighted by molar-refractivity contribution is -0.513. The number of rotatable bonds is 4. The third-order valence-corrected chi connectivity index (χ3v) is 1.83. The van der Waals surface area contributed by atoms with Crippen molar-refractivity contribution in [1.82, 2.24) is 0 Å². The van der Waals surface area contributed by atoms with Gasteiger partial charge in [-0.2, -0.15) is 0 Å². The predicted octanol–water partition coefficient (Wildman–Crippen LogP) is 0.532. The third-order valence-electron chi connectivity index (χ3n) is 1.83. The van der Waals surface area contributed by atoms with Gasteiger partial charge in [0, 0.05) is 10.5 Å². The van der Waals surface area contributed by atoms with Crippen molar-refractivity contribution in [3.63, 3.8) is 0 Å². The van der Waals surface area contributed by atoms with Crippen molar-refractivity contribution in [1.29, 1.82) is 0 Å². The molecule has 1 aromatic carbocycles. The minimum Gasteiger partial charge on any atom is -0.324 e. The minimum absolute atomic E-state index is 0.319. The number of benzene rings is 1. The van der Waals surface area contributed by atoms with E-state index in [9.17, 15) is 14.9 Å². The average Bonchev–Trinajstić information content (AvgIpc) is 2.19. The maximum atomic E-state index is 11.2. The Labute approximate surface area is 80.7 Å². The smallest absolute Gasteiger partial charge is 0.296 e. The number of nitrogens with zero attached hydrogens (tertiary/aromatic N) is 1. The van der Waals surface area contributed by atoms with E-state index in [1.807, 2.05) is 0 Å². The first-order valence-corrected chi connectivity index (χ1v) is 4.08. The molecule has 0 saturated heterocycles. The minimum atomic E-state index is -1.33. The van der Waals surface area contributed by atoms with Crippen molar-refractivity contribution in [2.45, 2.75) is 6.04 Å². The zero-order valence-corrected chi connectivity index (χ0v) is 7.42. The molecule has 0 radical (unpaired) electrons. The van der Waals surface area contributed by atoms with Gasteiger partial charge in [-0.25, -0.2) is 0 Å². The molecule has 2 N–H and O–H groups in total. The highest BCUT2D eigenvalue weighted by Gasteiger charge is 2.29. The van der Waals surface area contributed by atoms with Crippen molar-refractivity contribution < 1.29 is 9.72 Å². The Morgan fingerprint density at radius 2 is 2.00 bits per heavy atom. The second kappa shape index (κ2) is 4.48. The van der Waals surface area contributed by atoms with Gasteiger partial charge >= 0.3 is 0 Å². The molecule has 0 fully saturated rings. The van der Waals surface area contributed by atoms with E-state index in [4.69, 9.17) is 5.73 Å². The largest absolute Gasteiger partial charge is 0.324 e. The highest BCUT2D eigenvalue weighted by atomic mass is 16.6. The summed E-state index contributed by atoms with van der Waals surface area (Å²) in [6, 6.07) is 6.78. The SMILES string of the molecule is NCC(=O)C(c1ccccc1)[N+](=O)[O-]. The standard InChI is InChI=1S/C9H10N2O3/c10-6-8(12)9(11(13)14)7-4-2-1-3-5-7/h1-5,9H,6,10H2. The van der Waals surface area contributed by atoms with E-state index in [1.165, 1.54) is 0 Å². The fourth-order valence-corrected chi connectivity index (χ4v) is 1.17. The molecular formula is C9H10N2O3. The molecule has 1 atom stereocenters. The molecule has 5 heteroatoms. The zero-order valence-electron chi connectivity index (χ0n) is 7.42. The topological polar surface area (TPSA) is 86.2 Å². The van der Waals surface area contributed by atoms with Crippen LogP contribution >= 0.6 is 0 Å². The van der Waals surface area contributed by atoms with Crippen LogP contribution in [0.3, 0.4) is 0 Å². The fraction of sp³-hybridized carbons (Fsp3) is 0.222. The first kappa shape index (κ1) is 10.3. The number of nitrogens with two attached hydrogens (primary N) is 1. The van der Waals surface area contributed by atoms with Gasteiger partial charge in [-0.15, -0.1) is 0 Å². The molecule has 14 heavy (non-hydrogen) atoms. The maximum absolute atomic E-state index is 11.2. The lowest BCUT2D eigenvalue weighted by Crippen LogP contribution is -2.27. The fourth-order valence-electron chi connectivity index (χ4n) is 1.17. The third kappa shape index (κ3) is 2.14. The van der Waals surface area contributed by atoms with Crippen LogP contribution in [0.1, 0.15) is 11.6 Å². The summed E-state index contributed by atoms with van der Waals surface area (Å²) >= 11 is 0. The number of nitro groups is 1. The van der Waals surface area contributed by atoms with E-state index in [0.29, 0.717) is 5.56 Å². The molecule has 0 saturated carbocycles. The molecule has 1 rings (SSSR count). The Balaban J connectivity index is 3.01. The van der Waals surface area contributed by atoms with E-state index in [1.54, 1.807) is 30.3 Å². The molecule has 0 bridgehead atoms. The summed E-state index contributed by atoms with van der Waals surface area (Å²) in [4.78, 5) is 21.2. The van der Waals surface area contributed by atoms with Crippen LogP contribution in [0.25, 0.3) is 0 Å². The summed E-state index contributed by atoms with van der Waals surface area (Å²) in [5, 5.41) is 10.6. The van der Waals surface area contributed by atoms with Gasteiger partial charge in [0.15, 0.2) is 0 Å². The van der Waals surface area contributed by atoms with Crippen molar-refractivity contribution in [2.24, 2.45) is 5.73 Å². The van der Waals surface area contributed by atoms with Gasteiger partial charge in [-0.05, 0) is 0 Å². The van der Waals surface area contributed by atoms with Gasteiger partial charge in [-0.3, -0.25) is 14.9 Å². The molecular weight excluding hydrogens is 184 g/mol. The number of hydrogen-bond donors (Lipinski definition) is 1. The molecule has 1 aromatic rings. The maximum Gasteiger partial charge on any atom is 0.296 e. The summed E-state index contributed by atoms with van der Waals surface area (Å²) in [6.45, 7) is -0.319.